The highest BCUT2D eigenvalue weighted by Crippen LogP contribution is 2.26. The Kier molecular flexibility index (Phi) is 6.28. The molecule has 1 N–H and O–H groups in total. The zero-order valence-corrected chi connectivity index (χ0v) is 16.0. The van der Waals surface area contributed by atoms with E-state index in [1.807, 2.05) is 36.9 Å². The Morgan fingerprint density at radius 1 is 1.28 bits per heavy atom. The number of morpholine rings is 1. The van der Waals surface area contributed by atoms with Crippen molar-refractivity contribution in [1.29, 1.82) is 0 Å². The molecule has 1 aliphatic heterocycles. The van der Waals surface area contributed by atoms with E-state index in [2.05, 4.69) is 27.6 Å². The third-order valence-corrected chi connectivity index (χ3v) is 5.78. The fourth-order valence-electron chi connectivity index (χ4n) is 2.71. The number of benzene rings is 1. The number of rotatable bonds is 6. The quantitative estimate of drug-likeness (QED) is 0.780. The van der Waals surface area contributed by atoms with Crippen molar-refractivity contribution in [1.82, 2.24) is 15.1 Å². The Hall–Kier alpha value is -1.64. The molecule has 2 atom stereocenters. The minimum atomic E-state index is 0.0908. The molecule has 0 spiro atoms. The van der Waals surface area contributed by atoms with E-state index < -0.39 is 0 Å². The highest BCUT2D eigenvalue weighted by Gasteiger charge is 2.25. The molecule has 2 heterocycles. The fourth-order valence-corrected chi connectivity index (χ4v) is 4.36. The maximum Gasteiger partial charge on any atom is 0.233 e. The second kappa shape index (κ2) is 8.64. The zero-order valence-electron chi connectivity index (χ0n) is 14.3. The van der Waals surface area contributed by atoms with Gasteiger partial charge in [-0.05, 0) is 19.4 Å². The van der Waals surface area contributed by atoms with Crippen LogP contribution in [0.5, 0.6) is 0 Å². The summed E-state index contributed by atoms with van der Waals surface area (Å²) in [6, 6.07) is 10.1. The third kappa shape index (κ3) is 5.42. The van der Waals surface area contributed by atoms with Crippen LogP contribution in [-0.4, -0.2) is 52.1 Å². The van der Waals surface area contributed by atoms with E-state index in [1.54, 1.807) is 0 Å². The normalized spacial score (nSPS) is 20.5. The van der Waals surface area contributed by atoms with Crippen LogP contribution in [0.2, 0.25) is 0 Å². The van der Waals surface area contributed by atoms with Crippen LogP contribution in [0.3, 0.4) is 0 Å². The number of nitrogens with one attached hydrogen (secondary N) is 1. The summed E-state index contributed by atoms with van der Waals surface area (Å²) >= 11 is 2.92. The molecule has 8 heteroatoms. The van der Waals surface area contributed by atoms with Crippen molar-refractivity contribution < 1.29 is 9.53 Å². The summed E-state index contributed by atoms with van der Waals surface area (Å²) in [5.74, 6) is 0.508. The maximum absolute atomic E-state index is 12.4. The van der Waals surface area contributed by atoms with Gasteiger partial charge in [-0.3, -0.25) is 4.79 Å². The van der Waals surface area contributed by atoms with Gasteiger partial charge >= 0.3 is 0 Å². The lowest BCUT2D eigenvalue weighted by atomic mass is 10.2. The smallest absolute Gasteiger partial charge is 0.233 e. The monoisotopic (exact) mass is 378 g/mol. The van der Waals surface area contributed by atoms with Gasteiger partial charge < -0.3 is 15.0 Å². The summed E-state index contributed by atoms with van der Waals surface area (Å²) in [6.45, 7) is 6.02. The van der Waals surface area contributed by atoms with Gasteiger partial charge in [-0.25, -0.2) is 0 Å². The number of carbonyl (C=O) groups is 1. The summed E-state index contributed by atoms with van der Waals surface area (Å²) in [6.07, 6.45) is 0.182. The number of hydrogen-bond donors (Lipinski definition) is 1. The van der Waals surface area contributed by atoms with Crippen LogP contribution >= 0.6 is 23.1 Å². The van der Waals surface area contributed by atoms with Crippen molar-refractivity contribution in [2.24, 2.45) is 0 Å². The molecule has 0 aliphatic carbocycles. The second-order valence-corrected chi connectivity index (χ2v) is 8.26. The molecular weight excluding hydrogens is 356 g/mol. The lowest BCUT2D eigenvalue weighted by molar-refractivity contribution is -0.140. The molecule has 1 aromatic carbocycles. The Morgan fingerprint density at radius 3 is 2.72 bits per heavy atom. The maximum atomic E-state index is 12.4. The van der Waals surface area contributed by atoms with E-state index in [0.717, 1.165) is 9.47 Å². The molecule has 0 bridgehead atoms. The van der Waals surface area contributed by atoms with Gasteiger partial charge in [0.15, 0.2) is 4.34 Å². The molecule has 0 unspecified atom stereocenters. The largest absolute Gasteiger partial charge is 0.372 e. The predicted octanol–water partition coefficient (Wildman–Crippen LogP) is 2.88. The first-order valence-corrected chi connectivity index (χ1v) is 10.1. The Labute approximate surface area is 156 Å². The Balaban J connectivity index is 1.46. The topological polar surface area (TPSA) is 67.4 Å². The highest BCUT2D eigenvalue weighted by molar-refractivity contribution is 8.01. The first-order valence-electron chi connectivity index (χ1n) is 8.27. The number of aromatic nitrogens is 2. The standard InChI is InChI=1S/C17H22N4O2S2/c1-12-9-21(10-13(2)23-12)15(22)11-24-17-20-19-16(25-17)18-8-14-6-4-3-5-7-14/h3-7,12-13H,8-11H2,1-2H3,(H,18,19)/t12-,13-/m0/s1. The average molecular weight is 379 g/mol. The van der Waals surface area contributed by atoms with Crippen LogP contribution in [0.1, 0.15) is 19.4 Å². The first kappa shape index (κ1) is 18.2. The SMILES string of the molecule is C[C@H]1CN(C(=O)CSc2nnc(NCc3ccccc3)s2)C[C@H](C)O1. The molecule has 0 saturated carbocycles. The minimum absolute atomic E-state index is 0.0908. The summed E-state index contributed by atoms with van der Waals surface area (Å²) in [4.78, 5) is 14.2. The number of amides is 1. The van der Waals surface area contributed by atoms with Crippen LogP contribution in [0.4, 0.5) is 5.13 Å². The highest BCUT2D eigenvalue weighted by atomic mass is 32.2. The fraction of sp³-hybridized carbons (Fsp3) is 0.471. The predicted molar refractivity (Wildman–Crippen MR) is 101 cm³/mol. The molecule has 1 aliphatic rings. The minimum Gasteiger partial charge on any atom is -0.372 e. The molecule has 1 saturated heterocycles. The number of anilines is 1. The summed E-state index contributed by atoms with van der Waals surface area (Å²) < 4.78 is 6.47. The number of thioether (sulfide) groups is 1. The zero-order chi connectivity index (χ0) is 17.6. The van der Waals surface area contributed by atoms with Gasteiger partial charge in [-0.2, -0.15) is 0 Å². The Bertz CT molecular complexity index is 685. The van der Waals surface area contributed by atoms with E-state index in [0.29, 0.717) is 25.4 Å². The van der Waals surface area contributed by atoms with Crippen molar-refractivity contribution in [2.45, 2.75) is 36.9 Å². The number of hydrogen-bond acceptors (Lipinski definition) is 7. The van der Waals surface area contributed by atoms with Crippen molar-refractivity contribution in [3.05, 3.63) is 35.9 Å². The molecule has 3 rings (SSSR count). The molecule has 25 heavy (non-hydrogen) atoms. The lowest BCUT2D eigenvalue weighted by Crippen LogP contribution is -2.48. The average Bonchev–Trinajstić information content (AvgIpc) is 3.06. The number of nitrogens with zero attached hydrogens (tertiary/aromatic N) is 3. The van der Waals surface area contributed by atoms with E-state index in [9.17, 15) is 4.79 Å². The van der Waals surface area contributed by atoms with Crippen molar-refractivity contribution >= 4 is 34.1 Å². The van der Waals surface area contributed by atoms with Crippen LogP contribution < -0.4 is 5.32 Å². The molecule has 1 aromatic heterocycles. The number of ether oxygens (including phenoxy) is 1. The summed E-state index contributed by atoms with van der Waals surface area (Å²) in [5, 5.41) is 12.3. The van der Waals surface area contributed by atoms with Gasteiger partial charge in [-0.1, -0.05) is 53.4 Å². The van der Waals surface area contributed by atoms with E-state index in [4.69, 9.17) is 4.74 Å². The van der Waals surface area contributed by atoms with Gasteiger partial charge in [0.2, 0.25) is 11.0 Å². The van der Waals surface area contributed by atoms with E-state index in [-0.39, 0.29) is 18.1 Å². The van der Waals surface area contributed by atoms with Crippen LogP contribution in [-0.2, 0) is 16.1 Å². The van der Waals surface area contributed by atoms with Crippen LogP contribution in [0.15, 0.2) is 34.7 Å². The molecule has 6 nitrogen and oxygen atoms in total. The van der Waals surface area contributed by atoms with Crippen molar-refractivity contribution in [2.75, 3.05) is 24.2 Å². The molecule has 1 fully saturated rings. The second-order valence-electron chi connectivity index (χ2n) is 6.06. The van der Waals surface area contributed by atoms with Gasteiger partial charge in [-0.15, -0.1) is 10.2 Å². The van der Waals surface area contributed by atoms with Gasteiger partial charge in [0, 0.05) is 19.6 Å². The van der Waals surface area contributed by atoms with E-state index >= 15 is 0 Å². The van der Waals surface area contributed by atoms with Crippen molar-refractivity contribution in [3.8, 4) is 0 Å². The van der Waals surface area contributed by atoms with Crippen LogP contribution in [0.25, 0.3) is 0 Å². The Morgan fingerprint density at radius 2 is 2.00 bits per heavy atom. The third-order valence-electron chi connectivity index (χ3n) is 3.78. The number of carbonyl (C=O) groups excluding carboxylic acids is 1. The lowest BCUT2D eigenvalue weighted by Gasteiger charge is -2.35. The first-order chi connectivity index (χ1) is 12.1. The molecule has 1 amide bonds. The van der Waals surface area contributed by atoms with Crippen molar-refractivity contribution in [3.63, 3.8) is 0 Å². The van der Waals surface area contributed by atoms with Gasteiger partial charge in [0.1, 0.15) is 0 Å². The van der Waals surface area contributed by atoms with Crippen LogP contribution in [0, 0.1) is 0 Å². The molecule has 0 radical (unpaired) electrons. The molecule has 134 valence electrons. The van der Waals surface area contributed by atoms with Gasteiger partial charge in [0.05, 0.1) is 18.0 Å². The summed E-state index contributed by atoms with van der Waals surface area (Å²) in [7, 11) is 0. The molecule has 2 aromatic rings. The van der Waals surface area contributed by atoms with Gasteiger partial charge in [0.25, 0.3) is 0 Å². The summed E-state index contributed by atoms with van der Waals surface area (Å²) in [5.41, 5.74) is 1.19. The van der Waals surface area contributed by atoms with E-state index in [1.165, 1.54) is 28.7 Å². The molecular formula is C17H22N4O2S2.